The highest BCUT2D eigenvalue weighted by molar-refractivity contribution is 5.30. The van der Waals surface area contributed by atoms with Crippen molar-refractivity contribution >= 4 is 5.95 Å². The average molecular weight is 249 g/mol. The van der Waals surface area contributed by atoms with E-state index in [1.807, 2.05) is 4.57 Å². The lowest BCUT2D eigenvalue weighted by molar-refractivity contribution is 0.573. The normalized spacial score (nSPS) is 10.3. The van der Waals surface area contributed by atoms with Crippen LogP contribution in [0.15, 0.2) is 43.2 Å². The van der Waals surface area contributed by atoms with Gasteiger partial charge in [0.15, 0.2) is 0 Å². The molecule has 0 atom stereocenters. The fraction of sp³-hybridized carbons (Fsp3) is 0.154. The minimum absolute atomic E-state index is 0.250. The Morgan fingerprint density at radius 1 is 1.39 bits per heavy atom. The Kier molecular flexibility index (Phi) is 3.72. The van der Waals surface area contributed by atoms with Crippen LogP contribution in [-0.4, -0.2) is 9.55 Å². The van der Waals surface area contributed by atoms with Crippen LogP contribution < -0.4 is 5.32 Å². The molecular formula is C13H13F2N3. The smallest absolute Gasteiger partial charge is 0.203 e. The average Bonchev–Trinajstić information content (AvgIpc) is 2.76. The molecule has 2 rings (SSSR count). The first-order valence-corrected chi connectivity index (χ1v) is 5.50. The van der Waals surface area contributed by atoms with Crippen molar-refractivity contribution in [1.82, 2.24) is 9.55 Å². The molecule has 2 aromatic rings. The van der Waals surface area contributed by atoms with E-state index in [1.165, 1.54) is 12.1 Å². The van der Waals surface area contributed by atoms with Crippen LogP contribution in [0.5, 0.6) is 0 Å². The van der Waals surface area contributed by atoms with Gasteiger partial charge >= 0.3 is 0 Å². The number of halogens is 2. The van der Waals surface area contributed by atoms with Crippen LogP contribution in [0.1, 0.15) is 5.56 Å². The molecule has 0 radical (unpaired) electrons. The molecular weight excluding hydrogens is 236 g/mol. The monoisotopic (exact) mass is 249 g/mol. The van der Waals surface area contributed by atoms with Crippen molar-refractivity contribution < 1.29 is 8.78 Å². The molecule has 0 fully saturated rings. The number of rotatable bonds is 5. The van der Waals surface area contributed by atoms with E-state index in [-0.39, 0.29) is 6.54 Å². The van der Waals surface area contributed by atoms with Crippen molar-refractivity contribution in [2.45, 2.75) is 13.1 Å². The van der Waals surface area contributed by atoms with E-state index in [9.17, 15) is 8.78 Å². The van der Waals surface area contributed by atoms with Crippen molar-refractivity contribution in [3.63, 3.8) is 0 Å². The lowest BCUT2D eigenvalue weighted by Gasteiger charge is -2.08. The van der Waals surface area contributed by atoms with E-state index < -0.39 is 11.6 Å². The van der Waals surface area contributed by atoms with Gasteiger partial charge in [-0.1, -0.05) is 12.1 Å². The van der Waals surface area contributed by atoms with E-state index in [4.69, 9.17) is 0 Å². The Morgan fingerprint density at radius 3 is 2.94 bits per heavy atom. The van der Waals surface area contributed by atoms with Gasteiger partial charge in [-0.25, -0.2) is 13.8 Å². The highest BCUT2D eigenvalue weighted by atomic mass is 19.1. The van der Waals surface area contributed by atoms with Crippen LogP contribution in [0.25, 0.3) is 0 Å². The van der Waals surface area contributed by atoms with E-state index in [1.54, 1.807) is 18.5 Å². The summed E-state index contributed by atoms with van der Waals surface area (Å²) in [5.74, 6) is -0.521. The van der Waals surface area contributed by atoms with Crippen molar-refractivity contribution in [3.05, 3.63) is 60.4 Å². The van der Waals surface area contributed by atoms with E-state index >= 15 is 0 Å². The molecule has 18 heavy (non-hydrogen) atoms. The zero-order valence-electron chi connectivity index (χ0n) is 9.74. The summed E-state index contributed by atoms with van der Waals surface area (Å²) in [7, 11) is 0. The second-order valence-corrected chi connectivity index (χ2v) is 3.78. The summed E-state index contributed by atoms with van der Waals surface area (Å²) in [5, 5.41) is 3.00. The fourth-order valence-electron chi connectivity index (χ4n) is 1.60. The van der Waals surface area contributed by atoms with Gasteiger partial charge in [-0.3, -0.25) is 0 Å². The summed E-state index contributed by atoms with van der Waals surface area (Å²) in [6.07, 6.45) is 5.18. The molecule has 0 unspecified atom stereocenters. The predicted octanol–water partition coefficient (Wildman–Crippen LogP) is 2.96. The van der Waals surface area contributed by atoms with Crippen LogP contribution in [0.3, 0.4) is 0 Å². The summed E-state index contributed by atoms with van der Waals surface area (Å²) in [6, 6.07) is 3.52. The van der Waals surface area contributed by atoms with Gasteiger partial charge in [-0.15, -0.1) is 6.58 Å². The number of aromatic nitrogens is 2. The molecule has 94 valence electrons. The summed E-state index contributed by atoms with van der Waals surface area (Å²) in [4.78, 5) is 4.10. The van der Waals surface area contributed by atoms with Gasteiger partial charge in [-0.05, 0) is 6.07 Å². The summed E-state index contributed by atoms with van der Waals surface area (Å²) in [6.45, 7) is 4.51. The third-order valence-corrected chi connectivity index (χ3v) is 2.49. The number of anilines is 1. The number of allylic oxidation sites excluding steroid dienone is 1. The maximum atomic E-state index is 13.4. The Balaban J connectivity index is 2.06. The van der Waals surface area contributed by atoms with Crippen LogP contribution in [-0.2, 0) is 13.1 Å². The number of nitrogens with one attached hydrogen (secondary N) is 1. The molecule has 1 heterocycles. The second kappa shape index (κ2) is 5.44. The maximum Gasteiger partial charge on any atom is 0.203 e. The van der Waals surface area contributed by atoms with E-state index in [0.717, 1.165) is 6.07 Å². The molecule has 1 aromatic heterocycles. The zero-order chi connectivity index (χ0) is 13.0. The lowest BCUT2D eigenvalue weighted by atomic mass is 10.2. The zero-order valence-corrected chi connectivity index (χ0v) is 9.74. The first kappa shape index (κ1) is 12.3. The lowest BCUT2D eigenvalue weighted by Crippen LogP contribution is -2.08. The SMILES string of the molecule is C=CCn1ccnc1NCc1ccc(F)cc1F. The molecule has 0 bridgehead atoms. The first-order chi connectivity index (χ1) is 8.70. The first-order valence-electron chi connectivity index (χ1n) is 5.50. The highest BCUT2D eigenvalue weighted by Gasteiger charge is 2.05. The Morgan fingerprint density at radius 2 is 2.22 bits per heavy atom. The van der Waals surface area contributed by atoms with Crippen LogP contribution >= 0.6 is 0 Å². The number of nitrogens with zero attached hydrogens (tertiary/aromatic N) is 2. The van der Waals surface area contributed by atoms with Gasteiger partial charge < -0.3 is 9.88 Å². The van der Waals surface area contributed by atoms with Crippen molar-refractivity contribution in [2.24, 2.45) is 0 Å². The van der Waals surface area contributed by atoms with E-state index in [2.05, 4.69) is 16.9 Å². The van der Waals surface area contributed by atoms with Gasteiger partial charge in [0.2, 0.25) is 5.95 Å². The number of imidazole rings is 1. The Hall–Kier alpha value is -2.17. The van der Waals surface area contributed by atoms with Crippen molar-refractivity contribution in [2.75, 3.05) is 5.32 Å². The van der Waals surface area contributed by atoms with Gasteiger partial charge in [-0.2, -0.15) is 0 Å². The predicted molar refractivity (Wildman–Crippen MR) is 66.1 cm³/mol. The third kappa shape index (κ3) is 2.74. The molecule has 0 saturated carbocycles. The molecule has 0 amide bonds. The molecule has 3 nitrogen and oxygen atoms in total. The van der Waals surface area contributed by atoms with Crippen LogP contribution in [0.4, 0.5) is 14.7 Å². The number of hydrogen-bond donors (Lipinski definition) is 1. The number of hydrogen-bond acceptors (Lipinski definition) is 2. The standard InChI is InChI=1S/C13H13F2N3/c1-2-6-18-7-5-16-13(18)17-9-10-3-4-11(14)8-12(10)15/h2-5,7-8H,1,6,9H2,(H,16,17). The Labute approximate surface area is 104 Å². The third-order valence-electron chi connectivity index (χ3n) is 2.49. The molecule has 0 aliphatic heterocycles. The van der Waals surface area contributed by atoms with Gasteiger partial charge in [0.05, 0.1) is 0 Å². The largest absolute Gasteiger partial charge is 0.351 e. The summed E-state index contributed by atoms with van der Waals surface area (Å²) >= 11 is 0. The van der Waals surface area contributed by atoms with Gasteiger partial charge in [0.25, 0.3) is 0 Å². The molecule has 0 aliphatic rings. The van der Waals surface area contributed by atoms with Crippen LogP contribution in [0, 0.1) is 11.6 Å². The van der Waals surface area contributed by atoms with Crippen LogP contribution in [0.2, 0.25) is 0 Å². The maximum absolute atomic E-state index is 13.4. The van der Waals surface area contributed by atoms with Gasteiger partial charge in [0, 0.05) is 37.1 Å². The molecule has 0 saturated heterocycles. The summed E-state index contributed by atoms with van der Waals surface area (Å²) < 4.78 is 28.0. The molecule has 0 aliphatic carbocycles. The quantitative estimate of drug-likeness (QED) is 0.826. The topological polar surface area (TPSA) is 29.9 Å². The molecule has 0 spiro atoms. The van der Waals surface area contributed by atoms with E-state index in [0.29, 0.717) is 18.1 Å². The van der Waals surface area contributed by atoms with Crippen molar-refractivity contribution in [3.8, 4) is 0 Å². The molecule has 1 N–H and O–H groups in total. The highest BCUT2D eigenvalue weighted by Crippen LogP contribution is 2.12. The molecule has 5 heteroatoms. The molecule has 1 aromatic carbocycles. The Bertz CT molecular complexity index is 549. The second-order valence-electron chi connectivity index (χ2n) is 3.78. The van der Waals surface area contributed by atoms with Gasteiger partial charge in [0.1, 0.15) is 11.6 Å². The fourth-order valence-corrected chi connectivity index (χ4v) is 1.60. The minimum atomic E-state index is -0.579. The number of benzene rings is 1. The van der Waals surface area contributed by atoms with Crippen molar-refractivity contribution in [1.29, 1.82) is 0 Å². The summed E-state index contributed by atoms with van der Waals surface area (Å²) in [5.41, 5.74) is 0.393. The minimum Gasteiger partial charge on any atom is -0.351 e.